The van der Waals surface area contributed by atoms with E-state index >= 15 is 0 Å². The number of likely N-dealkylation sites (tertiary alicyclic amines) is 1. The third-order valence-electron chi connectivity index (χ3n) is 3.83. The molecule has 2 fully saturated rings. The van der Waals surface area contributed by atoms with E-state index in [-0.39, 0.29) is 18.2 Å². The quantitative estimate of drug-likeness (QED) is 0.581. The van der Waals surface area contributed by atoms with Crippen molar-refractivity contribution >= 4 is 6.03 Å². The molecule has 0 spiro atoms. The molecule has 0 saturated carbocycles. The fourth-order valence-corrected chi connectivity index (χ4v) is 2.63. The lowest BCUT2D eigenvalue weighted by molar-refractivity contribution is 0.137. The maximum Gasteiger partial charge on any atom is 0.346 e. The van der Waals surface area contributed by atoms with E-state index in [1.807, 2.05) is 35.2 Å². The van der Waals surface area contributed by atoms with Crippen molar-refractivity contribution in [2.75, 3.05) is 13.1 Å². The van der Waals surface area contributed by atoms with Crippen LogP contribution in [0, 0.1) is 18.3 Å². The molecule has 3 rings (SSSR count). The summed E-state index contributed by atoms with van der Waals surface area (Å²) in [6.07, 6.45) is 8.37. The van der Waals surface area contributed by atoms with Gasteiger partial charge in [-0.25, -0.2) is 9.63 Å². The van der Waals surface area contributed by atoms with Crippen molar-refractivity contribution in [1.82, 2.24) is 9.96 Å². The highest BCUT2D eigenvalue weighted by Gasteiger charge is 2.45. The van der Waals surface area contributed by atoms with Crippen molar-refractivity contribution in [3.63, 3.8) is 0 Å². The van der Waals surface area contributed by atoms with Gasteiger partial charge in [-0.05, 0) is 12.8 Å². The van der Waals surface area contributed by atoms with Crippen LogP contribution in [0.15, 0.2) is 30.3 Å². The smallest absolute Gasteiger partial charge is 0.322 e. The highest BCUT2D eigenvalue weighted by atomic mass is 16.8. The van der Waals surface area contributed by atoms with Crippen molar-refractivity contribution in [2.45, 2.75) is 25.5 Å². The monoisotopic (exact) mass is 270 g/mol. The maximum atomic E-state index is 12.4. The number of urea groups is 1. The number of rotatable bonds is 1. The Morgan fingerprint density at radius 3 is 2.85 bits per heavy atom. The molecule has 0 N–H and O–H groups in total. The van der Waals surface area contributed by atoms with E-state index in [4.69, 9.17) is 11.3 Å². The first kappa shape index (κ1) is 13.0. The van der Waals surface area contributed by atoms with E-state index < -0.39 is 0 Å². The molecule has 1 aromatic rings. The molecular weight excluding hydrogens is 252 g/mol. The number of carbonyl (C=O) groups excluding carboxylic acids is 1. The van der Waals surface area contributed by atoms with Gasteiger partial charge in [0.2, 0.25) is 6.23 Å². The second kappa shape index (κ2) is 5.56. The van der Waals surface area contributed by atoms with Gasteiger partial charge in [-0.15, -0.1) is 12.3 Å². The molecule has 104 valence electrons. The molecule has 0 radical (unpaired) electrons. The van der Waals surface area contributed by atoms with Crippen LogP contribution in [-0.4, -0.2) is 29.1 Å². The maximum absolute atomic E-state index is 12.4. The highest BCUT2D eigenvalue weighted by molar-refractivity contribution is 5.75. The Kier molecular flexibility index (Phi) is 3.62. The topological polar surface area (TPSA) is 35.9 Å². The second-order valence-corrected chi connectivity index (χ2v) is 5.28. The van der Waals surface area contributed by atoms with Gasteiger partial charge in [-0.1, -0.05) is 36.8 Å². The molecule has 2 amide bonds. The van der Waals surface area contributed by atoms with Gasteiger partial charge in [-0.2, -0.15) is 5.06 Å². The minimum absolute atomic E-state index is 0.0685. The van der Waals surface area contributed by atoms with Crippen LogP contribution < -0.4 is 0 Å². The van der Waals surface area contributed by atoms with E-state index in [0.717, 1.165) is 31.4 Å². The molecule has 2 atom stereocenters. The Hall–Kier alpha value is -1.99. The molecule has 2 aliphatic heterocycles. The van der Waals surface area contributed by atoms with Gasteiger partial charge in [0.15, 0.2) is 0 Å². The highest BCUT2D eigenvalue weighted by Crippen LogP contribution is 2.38. The molecule has 4 heteroatoms. The summed E-state index contributed by atoms with van der Waals surface area (Å²) in [5.74, 6) is 2.94. The lowest BCUT2D eigenvalue weighted by Crippen LogP contribution is -2.37. The zero-order valence-corrected chi connectivity index (χ0v) is 11.4. The number of benzene rings is 1. The summed E-state index contributed by atoms with van der Waals surface area (Å²) in [6, 6.07) is 9.69. The standard InChI is InChI=1S/C16H18N2O2/c1-2-13-8-6-7-11-17(12-13)16(19)18-15(20-18)14-9-4-3-5-10-14/h1,3-5,9-10,13,15H,6-8,11-12H2. The molecule has 1 aromatic carbocycles. The Morgan fingerprint density at radius 1 is 1.30 bits per heavy atom. The van der Waals surface area contributed by atoms with Crippen molar-refractivity contribution in [2.24, 2.45) is 5.92 Å². The normalized spacial score (nSPS) is 25.8. The predicted molar refractivity (Wildman–Crippen MR) is 75.3 cm³/mol. The zero-order chi connectivity index (χ0) is 13.9. The van der Waals surface area contributed by atoms with Gasteiger partial charge in [-0.3, -0.25) is 0 Å². The van der Waals surface area contributed by atoms with Gasteiger partial charge in [0.25, 0.3) is 0 Å². The molecule has 2 saturated heterocycles. The lowest BCUT2D eigenvalue weighted by atomic mass is 10.1. The average molecular weight is 270 g/mol. The molecule has 0 bridgehead atoms. The van der Waals surface area contributed by atoms with Crippen LogP contribution >= 0.6 is 0 Å². The first-order chi connectivity index (χ1) is 9.79. The fourth-order valence-electron chi connectivity index (χ4n) is 2.63. The zero-order valence-electron chi connectivity index (χ0n) is 11.4. The first-order valence-corrected chi connectivity index (χ1v) is 7.05. The number of carbonyl (C=O) groups is 1. The van der Waals surface area contributed by atoms with Crippen LogP contribution in [0.25, 0.3) is 0 Å². The van der Waals surface area contributed by atoms with Crippen LogP contribution in [0.1, 0.15) is 31.1 Å². The summed E-state index contributed by atoms with van der Waals surface area (Å²) < 4.78 is 0. The predicted octanol–water partition coefficient (Wildman–Crippen LogP) is 2.79. The molecular formula is C16H18N2O2. The number of hydroxylamine groups is 2. The second-order valence-electron chi connectivity index (χ2n) is 5.28. The summed E-state index contributed by atoms with van der Waals surface area (Å²) in [6.45, 7) is 1.40. The Labute approximate surface area is 119 Å². The van der Waals surface area contributed by atoms with Crippen LogP contribution in [0.5, 0.6) is 0 Å². The van der Waals surface area contributed by atoms with Crippen molar-refractivity contribution in [3.05, 3.63) is 35.9 Å². The van der Waals surface area contributed by atoms with Crippen molar-refractivity contribution < 1.29 is 9.63 Å². The number of hydrogen-bond acceptors (Lipinski definition) is 2. The van der Waals surface area contributed by atoms with E-state index in [1.54, 1.807) is 0 Å². The molecule has 20 heavy (non-hydrogen) atoms. The molecule has 4 nitrogen and oxygen atoms in total. The third kappa shape index (κ3) is 2.63. The number of nitrogens with zero attached hydrogens (tertiary/aromatic N) is 2. The SMILES string of the molecule is C#CC1CCCCN(C(=O)N2OC2c2ccccc2)C1. The average Bonchev–Trinajstić information content (AvgIpc) is 3.31. The number of terminal acetylenes is 1. The summed E-state index contributed by atoms with van der Waals surface area (Å²) in [5.41, 5.74) is 1.00. The molecule has 2 unspecified atom stereocenters. The van der Waals surface area contributed by atoms with Crippen molar-refractivity contribution in [3.8, 4) is 12.3 Å². The van der Waals surface area contributed by atoms with Gasteiger partial charge in [0, 0.05) is 24.6 Å². The van der Waals surface area contributed by atoms with Gasteiger partial charge in [0.1, 0.15) is 0 Å². The van der Waals surface area contributed by atoms with Crippen LogP contribution in [0.3, 0.4) is 0 Å². The summed E-state index contributed by atoms with van der Waals surface area (Å²) >= 11 is 0. The summed E-state index contributed by atoms with van der Waals surface area (Å²) in [4.78, 5) is 19.7. The Morgan fingerprint density at radius 2 is 2.10 bits per heavy atom. The van der Waals surface area contributed by atoms with E-state index in [0.29, 0.717) is 6.54 Å². The lowest BCUT2D eigenvalue weighted by Gasteiger charge is -2.21. The molecule has 0 aliphatic carbocycles. The Bertz CT molecular complexity index is 523. The Balaban J connectivity index is 1.64. The third-order valence-corrected chi connectivity index (χ3v) is 3.83. The minimum Gasteiger partial charge on any atom is -0.322 e. The summed E-state index contributed by atoms with van der Waals surface area (Å²) in [5, 5.41) is 1.44. The van der Waals surface area contributed by atoms with E-state index in [2.05, 4.69) is 5.92 Å². The first-order valence-electron chi connectivity index (χ1n) is 7.05. The fraction of sp³-hybridized carbons (Fsp3) is 0.438. The van der Waals surface area contributed by atoms with Crippen LogP contribution in [0.4, 0.5) is 4.79 Å². The van der Waals surface area contributed by atoms with Crippen molar-refractivity contribution in [1.29, 1.82) is 0 Å². The molecule has 2 aliphatic rings. The van der Waals surface area contributed by atoms with E-state index in [1.165, 1.54) is 5.06 Å². The minimum atomic E-state index is -0.240. The molecule has 0 aromatic heterocycles. The van der Waals surface area contributed by atoms with Crippen LogP contribution in [-0.2, 0) is 4.84 Å². The van der Waals surface area contributed by atoms with Gasteiger partial charge in [0.05, 0.1) is 0 Å². The van der Waals surface area contributed by atoms with Gasteiger partial charge < -0.3 is 4.90 Å². The number of amides is 2. The number of hydrogen-bond donors (Lipinski definition) is 0. The largest absolute Gasteiger partial charge is 0.346 e. The van der Waals surface area contributed by atoms with Gasteiger partial charge >= 0.3 is 6.03 Å². The molecule has 2 heterocycles. The van der Waals surface area contributed by atoms with E-state index in [9.17, 15) is 4.79 Å². The summed E-state index contributed by atoms with van der Waals surface area (Å²) in [7, 11) is 0. The van der Waals surface area contributed by atoms with Crippen LogP contribution in [0.2, 0.25) is 0 Å².